The normalized spacial score (nSPS) is 5.40. The minimum atomic E-state index is 0. The van der Waals surface area contributed by atoms with Crippen molar-refractivity contribution < 1.29 is 16.1 Å². The van der Waals surface area contributed by atoms with Crippen LogP contribution in [0.3, 0.4) is 0 Å². The summed E-state index contributed by atoms with van der Waals surface area (Å²) in [5, 5.41) is 7.00. The number of hydrogen-bond donors (Lipinski definition) is 1. The smallest absolute Gasteiger partial charge is 0.0319 e. The van der Waals surface area contributed by atoms with E-state index in [0.29, 0.717) is 0 Å². The van der Waals surface area contributed by atoms with E-state index in [9.17, 15) is 0 Å². The van der Waals surface area contributed by atoms with E-state index in [-0.39, 0.29) is 11.0 Å². The minimum Gasteiger partial charge on any atom is -0.412 e. The molecule has 1 aromatic rings. The molecule has 10 heavy (non-hydrogen) atoms. The van der Waals surface area contributed by atoms with Crippen LogP contribution in [0.4, 0.5) is 0 Å². The Bertz CT molecular complexity index is 80.8. The third-order valence-electron chi connectivity index (χ3n) is 0.667. The minimum absolute atomic E-state index is 0. The zero-order chi connectivity index (χ0) is 6.24. The summed E-state index contributed by atoms with van der Waals surface area (Å²) in [5.41, 5.74) is 0. The van der Waals surface area contributed by atoms with E-state index in [1.165, 1.54) is 0 Å². The second-order valence-corrected chi connectivity index (χ2v) is 1.15. The van der Waals surface area contributed by atoms with Gasteiger partial charge in [0.1, 0.15) is 0 Å². The quantitative estimate of drug-likeness (QED) is 0.533. The molecular weight excluding hydrogens is 132 g/mol. The fourth-order valence-corrected chi connectivity index (χ4v) is 0.385. The molecule has 0 atom stereocenters. The Morgan fingerprint density at radius 2 is 0.700 bits per heavy atom. The van der Waals surface area contributed by atoms with E-state index in [1.54, 1.807) is 0 Å². The maximum absolute atomic E-state index is 7.00. The molecule has 0 saturated carbocycles. The van der Waals surface area contributed by atoms with E-state index in [4.69, 9.17) is 5.11 Å². The van der Waals surface area contributed by atoms with Gasteiger partial charge in [0.05, 0.1) is 0 Å². The van der Waals surface area contributed by atoms with Crippen LogP contribution in [0.1, 0.15) is 0 Å². The zero-order valence-corrected chi connectivity index (χ0v) is 5.91. The molecule has 0 aromatic heterocycles. The summed E-state index contributed by atoms with van der Waals surface area (Å²) in [6, 6.07) is 12.0. The van der Waals surface area contributed by atoms with Crippen molar-refractivity contribution in [2.45, 2.75) is 0 Å². The van der Waals surface area contributed by atoms with E-state index in [0.717, 1.165) is 7.11 Å². The Kier molecular flexibility index (Phi) is 25.2. The summed E-state index contributed by atoms with van der Waals surface area (Å²) < 4.78 is 0. The van der Waals surface area contributed by atoms with Gasteiger partial charge in [-0.3, -0.25) is 0 Å². The van der Waals surface area contributed by atoms with Crippen molar-refractivity contribution in [3.63, 3.8) is 0 Å². The van der Waals surface area contributed by atoms with Gasteiger partial charge in [0.25, 0.3) is 0 Å². The summed E-state index contributed by atoms with van der Waals surface area (Å²) in [6.45, 7) is 0. The molecule has 0 aliphatic rings. The van der Waals surface area contributed by atoms with Gasteiger partial charge in [-0.2, -0.15) is 0 Å². The number of aliphatic hydroxyl groups is 1. The molecular formula is C7H14O3. The van der Waals surface area contributed by atoms with Gasteiger partial charge in [-0.25, -0.2) is 0 Å². The Morgan fingerprint density at radius 1 is 0.600 bits per heavy atom. The van der Waals surface area contributed by atoms with Crippen LogP contribution in [0.15, 0.2) is 36.4 Å². The van der Waals surface area contributed by atoms with E-state index < -0.39 is 0 Å². The molecule has 0 unspecified atom stereocenters. The second-order valence-electron chi connectivity index (χ2n) is 1.15. The molecule has 3 heteroatoms. The highest BCUT2D eigenvalue weighted by molar-refractivity contribution is 4.99. The molecule has 60 valence electrons. The van der Waals surface area contributed by atoms with Crippen LogP contribution in [0.25, 0.3) is 0 Å². The fraction of sp³-hybridized carbons (Fsp3) is 0.143. The number of hydrogen-bond acceptors (Lipinski definition) is 1. The molecule has 1 rings (SSSR count). The Morgan fingerprint density at radius 3 is 0.800 bits per heavy atom. The molecule has 0 aliphatic heterocycles. The molecule has 0 radical (unpaired) electrons. The van der Waals surface area contributed by atoms with E-state index in [2.05, 4.69) is 0 Å². The summed E-state index contributed by atoms with van der Waals surface area (Å²) in [7, 11) is 1.00. The van der Waals surface area contributed by atoms with Gasteiger partial charge in [0, 0.05) is 7.11 Å². The maximum Gasteiger partial charge on any atom is 0.0319 e. The average molecular weight is 146 g/mol. The molecule has 0 aliphatic carbocycles. The summed E-state index contributed by atoms with van der Waals surface area (Å²) in [4.78, 5) is 0. The predicted molar refractivity (Wildman–Crippen MR) is 41.8 cm³/mol. The van der Waals surface area contributed by atoms with Crippen molar-refractivity contribution in [2.24, 2.45) is 0 Å². The largest absolute Gasteiger partial charge is 0.412 e. The van der Waals surface area contributed by atoms with Crippen LogP contribution in [0, 0.1) is 0 Å². The van der Waals surface area contributed by atoms with Gasteiger partial charge in [-0.15, -0.1) is 0 Å². The second kappa shape index (κ2) is 15.7. The first-order chi connectivity index (χ1) is 4.00. The van der Waals surface area contributed by atoms with Crippen molar-refractivity contribution in [3.05, 3.63) is 36.4 Å². The predicted octanol–water partition coefficient (Wildman–Crippen LogP) is -0.354. The summed E-state index contributed by atoms with van der Waals surface area (Å²) in [6.07, 6.45) is 0. The standard InChI is InChI=1S/C6H6.CH4O.2H2O/c1-2-4-6-5-3-1;1-2;;/h1-6H;2H,1H3;2*1H2. The number of rotatable bonds is 0. The van der Waals surface area contributed by atoms with Gasteiger partial charge in [0.2, 0.25) is 0 Å². The fourth-order valence-electron chi connectivity index (χ4n) is 0.385. The van der Waals surface area contributed by atoms with E-state index in [1.807, 2.05) is 36.4 Å². The van der Waals surface area contributed by atoms with Gasteiger partial charge in [-0.05, 0) is 0 Å². The number of aliphatic hydroxyl groups excluding tert-OH is 1. The third-order valence-corrected chi connectivity index (χ3v) is 0.667. The van der Waals surface area contributed by atoms with Crippen molar-refractivity contribution in [1.29, 1.82) is 0 Å². The highest BCUT2D eigenvalue weighted by Gasteiger charge is 1.57. The SMILES string of the molecule is CO.O.O.c1ccccc1. The monoisotopic (exact) mass is 146 g/mol. The first kappa shape index (κ1) is 16.0. The summed E-state index contributed by atoms with van der Waals surface area (Å²) in [5.74, 6) is 0. The van der Waals surface area contributed by atoms with Crippen LogP contribution in [0.2, 0.25) is 0 Å². The van der Waals surface area contributed by atoms with Crippen LogP contribution in [-0.2, 0) is 0 Å². The van der Waals surface area contributed by atoms with E-state index >= 15 is 0 Å². The third kappa shape index (κ3) is 10.2. The molecule has 0 saturated heterocycles. The van der Waals surface area contributed by atoms with Gasteiger partial charge in [0.15, 0.2) is 0 Å². The Labute approximate surface area is 60.6 Å². The molecule has 1 aromatic carbocycles. The highest BCUT2D eigenvalue weighted by Crippen LogP contribution is 1.79. The molecule has 5 N–H and O–H groups in total. The molecule has 0 bridgehead atoms. The molecule has 0 fully saturated rings. The van der Waals surface area contributed by atoms with Crippen molar-refractivity contribution >= 4 is 0 Å². The van der Waals surface area contributed by atoms with Crippen LogP contribution in [0.5, 0.6) is 0 Å². The molecule has 3 nitrogen and oxygen atoms in total. The van der Waals surface area contributed by atoms with Gasteiger partial charge >= 0.3 is 0 Å². The van der Waals surface area contributed by atoms with Crippen LogP contribution < -0.4 is 0 Å². The van der Waals surface area contributed by atoms with Crippen LogP contribution in [-0.4, -0.2) is 23.2 Å². The Balaban J connectivity index is -0.000000114. The lowest BCUT2D eigenvalue weighted by molar-refractivity contribution is 0.399. The topological polar surface area (TPSA) is 83.2 Å². The zero-order valence-electron chi connectivity index (χ0n) is 5.91. The van der Waals surface area contributed by atoms with Crippen molar-refractivity contribution in [3.8, 4) is 0 Å². The maximum atomic E-state index is 7.00. The lowest BCUT2D eigenvalue weighted by Gasteiger charge is -1.69. The molecule has 0 heterocycles. The van der Waals surface area contributed by atoms with Gasteiger partial charge < -0.3 is 16.1 Å². The first-order valence-corrected chi connectivity index (χ1v) is 2.45. The highest BCUT2D eigenvalue weighted by atomic mass is 16.2. The number of benzene rings is 1. The lowest BCUT2D eigenvalue weighted by atomic mass is 10.4. The lowest BCUT2D eigenvalue weighted by Crippen LogP contribution is -1.47. The van der Waals surface area contributed by atoms with Gasteiger partial charge in [-0.1, -0.05) is 36.4 Å². The average Bonchev–Trinajstić information content (AvgIpc) is 1.96. The van der Waals surface area contributed by atoms with Crippen molar-refractivity contribution in [2.75, 3.05) is 7.11 Å². The van der Waals surface area contributed by atoms with Crippen molar-refractivity contribution in [1.82, 2.24) is 0 Å². The first-order valence-electron chi connectivity index (χ1n) is 2.45. The van der Waals surface area contributed by atoms with Crippen LogP contribution >= 0.6 is 0 Å². The summed E-state index contributed by atoms with van der Waals surface area (Å²) >= 11 is 0. The Hall–Kier alpha value is -0.900. The molecule has 0 amide bonds. The molecule has 0 spiro atoms.